The molecule has 5 nitrogen and oxygen atoms in total. The lowest BCUT2D eigenvalue weighted by Crippen LogP contribution is -2.43. The molecule has 2 heterocycles. The standard InChI is InChI=1S/C16H23N3O2S/c1-4-14(20)19-7-5-6-12(10-19)15(21)18-16-17-9-13(22-16)8-11(2)3/h4,9,11-12H,1,5-8,10H2,2-3H3,(H,17,18,21)/t12-/m1/s1. The number of amides is 2. The minimum atomic E-state index is -0.171. The number of nitrogens with zero attached hydrogens (tertiary/aromatic N) is 2. The van der Waals surface area contributed by atoms with E-state index in [0.717, 1.165) is 19.3 Å². The first kappa shape index (κ1) is 16.7. The van der Waals surface area contributed by atoms with Crippen LogP contribution in [0.4, 0.5) is 5.13 Å². The van der Waals surface area contributed by atoms with Crippen molar-refractivity contribution in [2.45, 2.75) is 33.1 Å². The van der Waals surface area contributed by atoms with Crippen molar-refractivity contribution in [2.24, 2.45) is 11.8 Å². The third-order valence-electron chi connectivity index (χ3n) is 3.67. The fourth-order valence-corrected chi connectivity index (χ4v) is 3.62. The summed E-state index contributed by atoms with van der Waals surface area (Å²) in [5.41, 5.74) is 0. The number of likely N-dealkylation sites (tertiary alicyclic amines) is 1. The summed E-state index contributed by atoms with van der Waals surface area (Å²) in [7, 11) is 0. The van der Waals surface area contributed by atoms with Gasteiger partial charge in [-0.2, -0.15) is 0 Å². The molecule has 0 spiro atoms. The van der Waals surface area contributed by atoms with Crippen molar-refractivity contribution in [3.8, 4) is 0 Å². The van der Waals surface area contributed by atoms with E-state index in [0.29, 0.717) is 24.1 Å². The van der Waals surface area contributed by atoms with Crippen molar-refractivity contribution in [2.75, 3.05) is 18.4 Å². The molecule has 0 aliphatic carbocycles. The SMILES string of the molecule is C=CC(=O)N1CCC[C@@H](C(=O)Nc2ncc(CC(C)C)s2)C1. The highest BCUT2D eigenvalue weighted by atomic mass is 32.1. The average Bonchev–Trinajstić information content (AvgIpc) is 2.92. The maximum absolute atomic E-state index is 12.3. The summed E-state index contributed by atoms with van der Waals surface area (Å²) >= 11 is 1.53. The van der Waals surface area contributed by atoms with Crippen LogP contribution >= 0.6 is 11.3 Å². The van der Waals surface area contributed by atoms with Gasteiger partial charge in [-0.25, -0.2) is 4.98 Å². The van der Waals surface area contributed by atoms with Crippen LogP contribution in [0.5, 0.6) is 0 Å². The van der Waals surface area contributed by atoms with E-state index in [4.69, 9.17) is 0 Å². The molecule has 22 heavy (non-hydrogen) atoms. The van der Waals surface area contributed by atoms with Crippen molar-refractivity contribution in [3.63, 3.8) is 0 Å². The van der Waals surface area contributed by atoms with Gasteiger partial charge in [0.1, 0.15) is 0 Å². The van der Waals surface area contributed by atoms with Gasteiger partial charge in [-0.15, -0.1) is 11.3 Å². The first-order valence-corrected chi connectivity index (χ1v) is 8.48. The monoisotopic (exact) mass is 321 g/mol. The van der Waals surface area contributed by atoms with E-state index in [9.17, 15) is 9.59 Å². The van der Waals surface area contributed by atoms with E-state index in [2.05, 4.69) is 30.7 Å². The van der Waals surface area contributed by atoms with Crippen molar-refractivity contribution < 1.29 is 9.59 Å². The topological polar surface area (TPSA) is 62.3 Å². The Balaban J connectivity index is 1.92. The van der Waals surface area contributed by atoms with E-state index in [1.54, 1.807) is 4.90 Å². The number of hydrogen-bond acceptors (Lipinski definition) is 4. The second kappa shape index (κ2) is 7.54. The number of rotatable bonds is 5. The fourth-order valence-electron chi connectivity index (χ4n) is 2.59. The van der Waals surface area contributed by atoms with Crippen LogP contribution in [0, 0.1) is 11.8 Å². The van der Waals surface area contributed by atoms with Crippen LogP contribution in [-0.4, -0.2) is 34.8 Å². The number of hydrogen-bond donors (Lipinski definition) is 1. The summed E-state index contributed by atoms with van der Waals surface area (Å²) in [6, 6.07) is 0. The minimum absolute atomic E-state index is 0.0491. The van der Waals surface area contributed by atoms with Gasteiger partial charge in [-0.3, -0.25) is 9.59 Å². The molecule has 0 aromatic carbocycles. The molecule has 0 unspecified atom stereocenters. The van der Waals surface area contributed by atoms with Crippen molar-refractivity contribution in [1.82, 2.24) is 9.88 Å². The smallest absolute Gasteiger partial charge is 0.245 e. The summed E-state index contributed by atoms with van der Waals surface area (Å²) in [5.74, 6) is 0.244. The predicted octanol–water partition coefficient (Wildman–Crippen LogP) is 2.70. The van der Waals surface area contributed by atoms with E-state index < -0.39 is 0 Å². The average molecular weight is 321 g/mol. The first-order chi connectivity index (χ1) is 10.5. The quantitative estimate of drug-likeness (QED) is 0.848. The van der Waals surface area contributed by atoms with Gasteiger partial charge >= 0.3 is 0 Å². The molecule has 1 aromatic heterocycles. The molecule has 120 valence electrons. The number of carbonyl (C=O) groups is 2. The Morgan fingerprint density at radius 2 is 2.36 bits per heavy atom. The Hall–Kier alpha value is -1.69. The maximum atomic E-state index is 12.3. The van der Waals surface area contributed by atoms with E-state index in [1.807, 2.05) is 6.20 Å². The van der Waals surface area contributed by atoms with Crippen LogP contribution in [0.2, 0.25) is 0 Å². The van der Waals surface area contributed by atoms with Gasteiger partial charge in [0.05, 0.1) is 5.92 Å². The summed E-state index contributed by atoms with van der Waals surface area (Å²) in [6.45, 7) is 8.97. The van der Waals surface area contributed by atoms with Crippen LogP contribution in [-0.2, 0) is 16.0 Å². The van der Waals surface area contributed by atoms with E-state index in [1.165, 1.54) is 22.3 Å². The molecule has 1 aliphatic heterocycles. The molecule has 1 N–H and O–H groups in total. The van der Waals surface area contributed by atoms with Crippen molar-refractivity contribution in [1.29, 1.82) is 0 Å². The van der Waals surface area contributed by atoms with Crippen LogP contribution in [0.3, 0.4) is 0 Å². The first-order valence-electron chi connectivity index (χ1n) is 7.66. The van der Waals surface area contributed by atoms with Crippen molar-refractivity contribution >= 4 is 28.3 Å². The van der Waals surface area contributed by atoms with Crippen LogP contribution in [0.25, 0.3) is 0 Å². The molecule has 0 radical (unpaired) electrons. The molecule has 6 heteroatoms. The minimum Gasteiger partial charge on any atom is -0.338 e. The highest BCUT2D eigenvalue weighted by Crippen LogP contribution is 2.23. The molecule has 2 amide bonds. The lowest BCUT2D eigenvalue weighted by atomic mass is 9.97. The number of anilines is 1. The number of nitrogens with one attached hydrogen (secondary N) is 1. The molecular formula is C16H23N3O2S. The van der Waals surface area contributed by atoms with Crippen molar-refractivity contribution in [3.05, 3.63) is 23.7 Å². The molecule has 1 aliphatic rings. The summed E-state index contributed by atoms with van der Waals surface area (Å²) < 4.78 is 0. The van der Waals surface area contributed by atoms with Gasteiger partial charge in [0.2, 0.25) is 11.8 Å². The highest BCUT2D eigenvalue weighted by Gasteiger charge is 2.27. The summed E-state index contributed by atoms with van der Waals surface area (Å²) in [6.07, 6.45) is 5.75. The van der Waals surface area contributed by atoms with Gasteiger partial charge < -0.3 is 10.2 Å². The van der Waals surface area contributed by atoms with Gasteiger partial charge in [0.25, 0.3) is 0 Å². The zero-order chi connectivity index (χ0) is 16.1. The normalized spacial score (nSPS) is 18.3. The largest absolute Gasteiger partial charge is 0.338 e. The Morgan fingerprint density at radius 3 is 3.05 bits per heavy atom. The predicted molar refractivity (Wildman–Crippen MR) is 88.8 cm³/mol. The van der Waals surface area contributed by atoms with Gasteiger partial charge in [-0.05, 0) is 31.3 Å². The van der Waals surface area contributed by atoms with E-state index >= 15 is 0 Å². The Morgan fingerprint density at radius 1 is 1.59 bits per heavy atom. The zero-order valence-electron chi connectivity index (χ0n) is 13.2. The van der Waals surface area contributed by atoms with Gasteiger partial charge in [-0.1, -0.05) is 20.4 Å². The van der Waals surface area contributed by atoms with Crippen LogP contribution in [0.1, 0.15) is 31.6 Å². The molecule has 0 bridgehead atoms. The molecule has 1 fully saturated rings. The Kier molecular flexibility index (Phi) is 5.71. The Labute approximate surface area is 135 Å². The van der Waals surface area contributed by atoms with Crippen LogP contribution in [0.15, 0.2) is 18.9 Å². The number of aromatic nitrogens is 1. The molecule has 0 saturated carbocycles. The second-order valence-electron chi connectivity index (χ2n) is 6.05. The lowest BCUT2D eigenvalue weighted by Gasteiger charge is -2.31. The molecule has 1 aromatic rings. The second-order valence-corrected chi connectivity index (χ2v) is 7.16. The summed E-state index contributed by atoms with van der Waals surface area (Å²) in [5, 5.41) is 3.53. The Bertz CT molecular complexity index is 553. The zero-order valence-corrected chi connectivity index (χ0v) is 14.0. The summed E-state index contributed by atoms with van der Waals surface area (Å²) in [4.78, 5) is 31.1. The third kappa shape index (κ3) is 4.40. The molecule has 2 rings (SSSR count). The number of thiazole rings is 1. The third-order valence-corrected chi connectivity index (χ3v) is 4.61. The maximum Gasteiger partial charge on any atom is 0.245 e. The highest BCUT2D eigenvalue weighted by molar-refractivity contribution is 7.15. The number of piperidine rings is 1. The molecule has 1 atom stereocenters. The fraction of sp³-hybridized carbons (Fsp3) is 0.562. The van der Waals surface area contributed by atoms with E-state index in [-0.39, 0.29) is 17.7 Å². The number of carbonyl (C=O) groups excluding carboxylic acids is 2. The molecule has 1 saturated heterocycles. The lowest BCUT2D eigenvalue weighted by molar-refractivity contribution is -0.130. The van der Waals surface area contributed by atoms with Gasteiger partial charge in [0, 0.05) is 24.2 Å². The van der Waals surface area contributed by atoms with Gasteiger partial charge in [0.15, 0.2) is 5.13 Å². The van der Waals surface area contributed by atoms with Crippen LogP contribution < -0.4 is 5.32 Å². The molecular weight excluding hydrogens is 298 g/mol.